The molecule has 73 valence electrons. The molecule has 0 aromatic carbocycles. The van der Waals surface area contributed by atoms with Crippen molar-refractivity contribution in [3.63, 3.8) is 0 Å². The monoisotopic (exact) mass is 233 g/mol. The summed E-state index contributed by atoms with van der Waals surface area (Å²) in [5.74, 6) is -0.396. The van der Waals surface area contributed by atoms with Crippen molar-refractivity contribution >= 4 is 66.4 Å². The van der Waals surface area contributed by atoms with Crippen LogP contribution in [-0.4, -0.2) is 87.7 Å². The van der Waals surface area contributed by atoms with E-state index in [2.05, 4.69) is 0 Å². The molecule has 13 heavy (non-hydrogen) atoms. The van der Waals surface area contributed by atoms with Crippen LogP contribution < -0.4 is 0 Å². The predicted molar refractivity (Wildman–Crippen MR) is 48.9 cm³/mol. The van der Waals surface area contributed by atoms with Gasteiger partial charge in [-0.25, -0.2) is 0 Å². The van der Waals surface area contributed by atoms with E-state index >= 15 is 0 Å². The van der Waals surface area contributed by atoms with Gasteiger partial charge in [-0.2, -0.15) is 0 Å². The molecule has 0 bridgehead atoms. The number of carbonyl (C=O) groups is 1. The van der Waals surface area contributed by atoms with E-state index in [0.29, 0.717) is 0 Å². The fourth-order valence-corrected chi connectivity index (χ4v) is 1.76. The molecular weight excluding hydrogens is 219 g/mol. The summed E-state index contributed by atoms with van der Waals surface area (Å²) >= 11 is 0. The van der Waals surface area contributed by atoms with Gasteiger partial charge in [0.25, 0.3) is 5.97 Å². The van der Waals surface area contributed by atoms with Crippen molar-refractivity contribution in [2.24, 2.45) is 0 Å². The minimum atomic E-state index is -3.15. The molecule has 0 fully saturated rings. The summed E-state index contributed by atoms with van der Waals surface area (Å²) in [5.41, 5.74) is 0. The molecule has 0 atom stereocenters. The molecule has 1 radical (unpaired) electrons. The molecule has 0 saturated heterocycles. The van der Waals surface area contributed by atoms with Gasteiger partial charge in [-0.3, -0.25) is 4.79 Å². The molecule has 0 aliphatic rings. The fraction of sp³-hybridized carbons (Fsp3) is 0.833. The van der Waals surface area contributed by atoms with Crippen LogP contribution in [0.15, 0.2) is 0 Å². The minimum absolute atomic E-state index is 0. The van der Waals surface area contributed by atoms with E-state index in [1.54, 1.807) is 6.92 Å². The normalized spacial score (nSPS) is 10.5. The second kappa shape index (κ2) is 8.51. The van der Waals surface area contributed by atoms with Gasteiger partial charge in [0.05, 0.1) is 0 Å². The molecule has 0 saturated carbocycles. The van der Waals surface area contributed by atoms with Gasteiger partial charge in [0.1, 0.15) is 0 Å². The third-order valence-corrected chi connectivity index (χ3v) is 3.26. The van der Waals surface area contributed by atoms with Gasteiger partial charge in [0.15, 0.2) is 0 Å². The van der Waals surface area contributed by atoms with Gasteiger partial charge in [0.2, 0.25) is 0 Å². The molecule has 5 nitrogen and oxygen atoms in total. The first-order chi connectivity index (χ1) is 5.64. The van der Waals surface area contributed by atoms with Crippen LogP contribution in [0, 0.1) is 0 Å². The average molecular weight is 233 g/mol. The van der Waals surface area contributed by atoms with E-state index in [4.69, 9.17) is 17.7 Å². The first-order valence-electron chi connectivity index (χ1n) is 3.51. The van der Waals surface area contributed by atoms with E-state index in [0.717, 1.165) is 0 Å². The molecule has 0 unspecified atom stereocenters. The van der Waals surface area contributed by atoms with E-state index < -0.39 is 15.0 Å². The van der Waals surface area contributed by atoms with E-state index in [1.807, 2.05) is 0 Å². The zero-order chi connectivity index (χ0) is 9.61. The Hall–Kier alpha value is 1.20. The largest absolute Gasteiger partial charge is 0.750 e. The van der Waals surface area contributed by atoms with Gasteiger partial charge in [0, 0.05) is 79.1 Å². The summed E-state index contributed by atoms with van der Waals surface area (Å²) in [6.07, 6.45) is 0.269. The maximum atomic E-state index is 10.9. The summed E-state index contributed by atoms with van der Waals surface area (Å²) in [7, 11) is 0.980. The van der Waals surface area contributed by atoms with Crippen LogP contribution in [0.3, 0.4) is 0 Å². The summed E-state index contributed by atoms with van der Waals surface area (Å²) < 4.78 is 19.4. The topological polar surface area (TPSA) is 54.0 Å². The van der Waals surface area contributed by atoms with Crippen LogP contribution in [0.1, 0.15) is 13.3 Å². The summed E-state index contributed by atoms with van der Waals surface area (Å²) in [6, 6.07) is 0. The number of carbonyl (C=O) groups excluding carboxylic acids is 1. The summed E-state index contributed by atoms with van der Waals surface area (Å²) in [4.78, 5) is 10.9. The molecule has 0 aliphatic heterocycles. The van der Waals surface area contributed by atoms with Crippen LogP contribution in [-0.2, 0) is 22.5 Å². The number of hydrogen-bond acceptors (Lipinski definition) is 5. The molecule has 0 amide bonds. The van der Waals surface area contributed by atoms with E-state index in [1.165, 1.54) is 21.3 Å². The molecular formula is C6H14KO5Si. The van der Waals surface area contributed by atoms with Crippen molar-refractivity contribution in [3.05, 3.63) is 0 Å². The average Bonchev–Trinajstić information content (AvgIpc) is 2.14. The molecule has 0 aromatic rings. The molecule has 0 spiro atoms. The first-order valence-corrected chi connectivity index (χ1v) is 5.14. The third-order valence-electron chi connectivity index (χ3n) is 1.28. The van der Waals surface area contributed by atoms with Crippen molar-refractivity contribution in [3.8, 4) is 0 Å². The zero-order valence-corrected chi connectivity index (χ0v) is 12.9. The van der Waals surface area contributed by atoms with E-state index in [9.17, 15) is 4.79 Å². The predicted octanol–water partition coefficient (Wildman–Crippen LogP) is -0.0664. The number of rotatable bonds is 5. The Bertz CT molecular complexity index is 142. The summed E-state index contributed by atoms with van der Waals surface area (Å²) in [6.45, 7) is 1.68. The standard InChI is InChI=1S/C6H14O5Si.K/c1-5-6(7)11-12(8-2,9-3)10-4;/h5H2,1-4H3;. The maximum absolute atomic E-state index is 10.9. The Balaban J connectivity index is 0. The Kier molecular flexibility index (Phi) is 10.9. The van der Waals surface area contributed by atoms with Gasteiger partial charge in [-0.1, -0.05) is 6.92 Å². The maximum Gasteiger partial charge on any atom is 0.750 e. The van der Waals surface area contributed by atoms with Crippen LogP contribution in [0.2, 0.25) is 0 Å². The molecule has 0 rings (SSSR count). The van der Waals surface area contributed by atoms with Crippen LogP contribution in [0.4, 0.5) is 0 Å². The van der Waals surface area contributed by atoms with Gasteiger partial charge in [-0.05, 0) is 0 Å². The van der Waals surface area contributed by atoms with Crippen LogP contribution in [0.25, 0.3) is 0 Å². The van der Waals surface area contributed by atoms with Gasteiger partial charge < -0.3 is 17.7 Å². The third kappa shape index (κ3) is 5.60. The Morgan fingerprint density at radius 3 is 1.77 bits per heavy atom. The van der Waals surface area contributed by atoms with Crippen LogP contribution >= 0.6 is 0 Å². The second-order valence-electron chi connectivity index (χ2n) is 1.94. The van der Waals surface area contributed by atoms with Crippen molar-refractivity contribution in [2.45, 2.75) is 13.3 Å². The minimum Gasteiger partial charge on any atom is -0.452 e. The summed E-state index contributed by atoms with van der Waals surface area (Å²) in [5, 5.41) is 0. The molecule has 0 aromatic heterocycles. The van der Waals surface area contributed by atoms with Crippen molar-refractivity contribution in [2.75, 3.05) is 21.3 Å². The Morgan fingerprint density at radius 2 is 1.54 bits per heavy atom. The SMILES string of the molecule is CCC(=O)O[Si](OC)(OC)OC.[K]. The first kappa shape index (κ1) is 16.6. The quantitative estimate of drug-likeness (QED) is 0.622. The zero-order valence-electron chi connectivity index (χ0n) is 8.75. The smallest absolute Gasteiger partial charge is 0.452 e. The van der Waals surface area contributed by atoms with Gasteiger partial charge in [-0.15, -0.1) is 0 Å². The second-order valence-corrected chi connectivity index (χ2v) is 4.37. The number of hydrogen-bond donors (Lipinski definition) is 0. The Labute approximate surface area is 122 Å². The van der Waals surface area contributed by atoms with Crippen molar-refractivity contribution in [1.82, 2.24) is 0 Å². The molecule has 0 N–H and O–H groups in total. The van der Waals surface area contributed by atoms with Crippen LogP contribution in [0.5, 0.6) is 0 Å². The van der Waals surface area contributed by atoms with Crippen molar-refractivity contribution in [1.29, 1.82) is 0 Å². The molecule has 0 heterocycles. The fourth-order valence-electron chi connectivity index (χ4n) is 0.587. The van der Waals surface area contributed by atoms with Gasteiger partial charge >= 0.3 is 9.05 Å². The van der Waals surface area contributed by atoms with Crippen molar-refractivity contribution < 1.29 is 22.5 Å². The molecule has 0 aliphatic carbocycles. The van der Waals surface area contributed by atoms with E-state index in [-0.39, 0.29) is 57.8 Å². The Morgan fingerprint density at radius 1 is 1.15 bits per heavy atom. The molecule has 7 heteroatoms.